The van der Waals surface area contributed by atoms with Gasteiger partial charge in [-0.2, -0.15) is 13.1 Å². The molecular weight excluding hydrogens is 196 g/mol. The van der Waals surface area contributed by atoms with Crippen LogP contribution >= 0.6 is 0 Å². The second-order valence-corrected chi connectivity index (χ2v) is 3.62. The summed E-state index contributed by atoms with van der Waals surface area (Å²) in [6.07, 6.45) is 9.85. The minimum Gasteiger partial charge on any atom is -0.677 e. The Balaban J connectivity index is -0.000000180. The SMILES string of the molecule is CCCCCC[NH-].CCCCCC[NH-].[Mg+2]. The van der Waals surface area contributed by atoms with Gasteiger partial charge in [0.2, 0.25) is 0 Å². The van der Waals surface area contributed by atoms with Crippen LogP contribution in [-0.4, -0.2) is 36.1 Å². The van der Waals surface area contributed by atoms with E-state index in [0.717, 1.165) is 12.8 Å². The molecule has 0 aromatic carbocycles. The molecule has 0 radical (unpaired) electrons. The number of hydrogen-bond acceptors (Lipinski definition) is 0. The normalized spacial score (nSPS) is 8.80. The van der Waals surface area contributed by atoms with Crippen molar-refractivity contribution in [3.63, 3.8) is 0 Å². The summed E-state index contributed by atoms with van der Waals surface area (Å²) in [6, 6.07) is 0. The van der Waals surface area contributed by atoms with Crippen LogP contribution in [0.2, 0.25) is 0 Å². The van der Waals surface area contributed by atoms with Crippen LogP contribution in [0.15, 0.2) is 0 Å². The van der Waals surface area contributed by atoms with Gasteiger partial charge in [0, 0.05) is 0 Å². The predicted molar refractivity (Wildman–Crippen MR) is 72.4 cm³/mol. The van der Waals surface area contributed by atoms with Crippen LogP contribution in [0.1, 0.15) is 65.2 Å². The van der Waals surface area contributed by atoms with Gasteiger partial charge in [0.15, 0.2) is 0 Å². The Morgan fingerprint density at radius 1 is 0.600 bits per heavy atom. The summed E-state index contributed by atoms with van der Waals surface area (Å²) in [5.41, 5.74) is 13.6. The van der Waals surface area contributed by atoms with Crippen LogP contribution in [0.4, 0.5) is 0 Å². The summed E-state index contributed by atoms with van der Waals surface area (Å²) >= 11 is 0. The molecular formula is C12H28MgN2. The zero-order valence-electron chi connectivity index (χ0n) is 10.8. The molecule has 3 heteroatoms. The van der Waals surface area contributed by atoms with Crippen LogP contribution < -0.4 is 0 Å². The van der Waals surface area contributed by atoms with Gasteiger partial charge in [-0.25, -0.2) is 0 Å². The fourth-order valence-corrected chi connectivity index (χ4v) is 1.10. The van der Waals surface area contributed by atoms with Gasteiger partial charge in [-0.3, -0.25) is 0 Å². The average Bonchev–Trinajstić information content (AvgIpc) is 2.21. The number of nitrogens with one attached hydrogen (secondary N) is 2. The first-order chi connectivity index (χ1) is 6.83. The van der Waals surface area contributed by atoms with Crippen molar-refractivity contribution in [3.8, 4) is 0 Å². The molecule has 2 N–H and O–H groups in total. The zero-order chi connectivity index (χ0) is 11.1. The van der Waals surface area contributed by atoms with Crippen LogP contribution in [0.3, 0.4) is 0 Å². The van der Waals surface area contributed by atoms with Crippen LogP contribution in [0.5, 0.6) is 0 Å². The fourth-order valence-electron chi connectivity index (χ4n) is 1.10. The zero-order valence-corrected chi connectivity index (χ0v) is 12.2. The minimum atomic E-state index is 0. The van der Waals surface area contributed by atoms with Gasteiger partial charge >= 0.3 is 23.1 Å². The molecule has 88 valence electrons. The number of unbranched alkanes of at least 4 members (excludes halogenated alkanes) is 6. The molecule has 0 aromatic heterocycles. The summed E-state index contributed by atoms with van der Waals surface area (Å²) in [7, 11) is 0. The molecule has 0 fully saturated rings. The van der Waals surface area contributed by atoms with Gasteiger partial charge in [0.1, 0.15) is 0 Å². The first kappa shape index (κ1) is 21.0. The second-order valence-electron chi connectivity index (χ2n) is 3.62. The van der Waals surface area contributed by atoms with E-state index in [1.165, 1.54) is 38.5 Å². The predicted octanol–water partition coefficient (Wildman–Crippen LogP) is 4.86. The molecule has 0 aliphatic rings. The van der Waals surface area contributed by atoms with Crippen molar-refractivity contribution >= 4 is 23.1 Å². The van der Waals surface area contributed by atoms with E-state index in [9.17, 15) is 0 Å². The molecule has 0 rings (SSSR count). The van der Waals surface area contributed by atoms with Crippen LogP contribution in [-0.2, 0) is 0 Å². The molecule has 0 aliphatic heterocycles. The van der Waals surface area contributed by atoms with Gasteiger partial charge in [0.05, 0.1) is 0 Å². The maximum atomic E-state index is 6.78. The third-order valence-corrected chi connectivity index (χ3v) is 2.06. The Hall–Kier alpha value is 0.686. The van der Waals surface area contributed by atoms with Gasteiger partial charge in [-0.15, -0.1) is 0 Å². The van der Waals surface area contributed by atoms with Crippen molar-refractivity contribution in [2.24, 2.45) is 0 Å². The monoisotopic (exact) mass is 224 g/mol. The number of hydrogen-bond donors (Lipinski definition) is 0. The molecule has 0 amide bonds. The third kappa shape index (κ3) is 31.3. The standard InChI is InChI=1S/2C6H14N.Mg/c2*1-2-3-4-5-6-7;/h2*7H,2-6H2,1H3;/q2*-1;+2. The smallest absolute Gasteiger partial charge is 0.677 e. The topological polar surface area (TPSA) is 47.6 Å². The molecule has 0 unspecified atom stereocenters. The molecule has 0 aliphatic carbocycles. The average molecular weight is 225 g/mol. The Kier molecular flexibility index (Phi) is 33.8. The van der Waals surface area contributed by atoms with Crippen LogP contribution in [0.25, 0.3) is 11.5 Å². The number of rotatable bonds is 8. The van der Waals surface area contributed by atoms with E-state index in [-0.39, 0.29) is 23.1 Å². The molecule has 15 heavy (non-hydrogen) atoms. The van der Waals surface area contributed by atoms with Gasteiger partial charge < -0.3 is 11.5 Å². The van der Waals surface area contributed by atoms with Crippen molar-refractivity contribution in [2.45, 2.75) is 65.2 Å². The molecule has 0 bridgehead atoms. The Morgan fingerprint density at radius 3 is 1.13 bits per heavy atom. The van der Waals surface area contributed by atoms with E-state index in [4.69, 9.17) is 11.5 Å². The van der Waals surface area contributed by atoms with E-state index in [0.29, 0.717) is 13.1 Å². The van der Waals surface area contributed by atoms with Crippen molar-refractivity contribution < 1.29 is 0 Å². The Bertz CT molecular complexity index is 62.0. The van der Waals surface area contributed by atoms with Crippen molar-refractivity contribution in [2.75, 3.05) is 13.1 Å². The largest absolute Gasteiger partial charge is 2.00 e. The molecule has 0 atom stereocenters. The quantitative estimate of drug-likeness (QED) is 0.418. The summed E-state index contributed by atoms with van der Waals surface area (Å²) < 4.78 is 0. The van der Waals surface area contributed by atoms with Gasteiger partial charge in [-0.05, 0) is 0 Å². The van der Waals surface area contributed by atoms with Crippen LogP contribution in [0, 0.1) is 0 Å². The molecule has 0 heterocycles. The van der Waals surface area contributed by atoms with Crippen molar-refractivity contribution in [1.29, 1.82) is 0 Å². The molecule has 0 saturated heterocycles. The third-order valence-electron chi connectivity index (χ3n) is 2.06. The molecule has 2 nitrogen and oxygen atoms in total. The summed E-state index contributed by atoms with van der Waals surface area (Å²) in [5, 5.41) is 0. The minimum absolute atomic E-state index is 0. The molecule has 0 spiro atoms. The van der Waals surface area contributed by atoms with E-state index < -0.39 is 0 Å². The fraction of sp³-hybridized carbons (Fsp3) is 1.00. The molecule has 0 saturated carbocycles. The first-order valence-electron chi connectivity index (χ1n) is 6.12. The van der Waals surface area contributed by atoms with E-state index in [1.807, 2.05) is 0 Å². The summed E-state index contributed by atoms with van der Waals surface area (Å²) in [5.74, 6) is 0. The van der Waals surface area contributed by atoms with Gasteiger partial charge in [-0.1, -0.05) is 65.2 Å². The van der Waals surface area contributed by atoms with E-state index >= 15 is 0 Å². The Morgan fingerprint density at radius 2 is 0.933 bits per heavy atom. The Labute approximate surface area is 113 Å². The summed E-state index contributed by atoms with van der Waals surface area (Å²) in [4.78, 5) is 0. The first-order valence-corrected chi connectivity index (χ1v) is 6.12. The molecule has 0 aromatic rings. The summed E-state index contributed by atoms with van der Waals surface area (Å²) in [6.45, 7) is 5.59. The van der Waals surface area contributed by atoms with E-state index in [2.05, 4.69) is 13.8 Å². The van der Waals surface area contributed by atoms with Crippen molar-refractivity contribution in [3.05, 3.63) is 11.5 Å². The van der Waals surface area contributed by atoms with E-state index in [1.54, 1.807) is 0 Å². The van der Waals surface area contributed by atoms with Gasteiger partial charge in [0.25, 0.3) is 0 Å². The van der Waals surface area contributed by atoms with Crippen molar-refractivity contribution in [1.82, 2.24) is 0 Å². The second kappa shape index (κ2) is 24.1. The maximum absolute atomic E-state index is 6.78. The maximum Gasteiger partial charge on any atom is 2.00 e.